The second-order valence-corrected chi connectivity index (χ2v) is 5.12. The van der Waals surface area contributed by atoms with Crippen molar-refractivity contribution >= 4 is 17.6 Å². The highest BCUT2D eigenvalue weighted by Gasteiger charge is 2.12. The topological polar surface area (TPSA) is 35.5 Å². The maximum atomic E-state index is 11.0. The molecule has 21 heavy (non-hydrogen) atoms. The van der Waals surface area contributed by atoms with Crippen LogP contribution in [0.3, 0.4) is 0 Å². The molecule has 0 aliphatic carbocycles. The molecule has 0 heterocycles. The first-order valence-electron chi connectivity index (χ1n) is 6.69. The van der Waals surface area contributed by atoms with Crippen molar-refractivity contribution in [2.75, 3.05) is 0 Å². The van der Waals surface area contributed by atoms with Crippen molar-refractivity contribution in [1.82, 2.24) is 0 Å². The average Bonchev–Trinajstić information content (AvgIpc) is 2.46. The van der Waals surface area contributed by atoms with Crippen LogP contribution in [0.25, 0.3) is 0 Å². The molecule has 2 rings (SSSR count). The van der Waals surface area contributed by atoms with Crippen LogP contribution in [0.15, 0.2) is 48.5 Å². The summed E-state index contributed by atoms with van der Waals surface area (Å²) in [6.45, 7) is 3.64. The lowest BCUT2D eigenvalue weighted by Crippen LogP contribution is -2.05. The zero-order valence-corrected chi connectivity index (χ0v) is 12.8. The van der Waals surface area contributed by atoms with Gasteiger partial charge in [-0.2, -0.15) is 0 Å². The van der Waals surface area contributed by atoms with Crippen molar-refractivity contribution in [1.29, 1.82) is 0 Å². The lowest BCUT2D eigenvalue weighted by molar-refractivity contribution is -0.145. The summed E-state index contributed by atoms with van der Waals surface area (Å²) in [6, 6.07) is 15.2. The maximum Gasteiger partial charge on any atom is 0.303 e. The highest BCUT2D eigenvalue weighted by atomic mass is 35.5. The number of benzene rings is 2. The molecule has 0 amide bonds. The van der Waals surface area contributed by atoms with E-state index in [1.54, 1.807) is 12.1 Å². The number of hydrogen-bond donors (Lipinski definition) is 0. The summed E-state index contributed by atoms with van der Waals surface area (Å²) < 4.78 is 10.9. The molecule has 0 spiro atoms. The van der Waals surface area contributed by atoms with Gasteiger partial charge in [0.15, 0.2) is 0 Å². The summed E-state index contributed by atoms with van der Waals surface area (Å²) >= 11 is 6.14. The first kappa shape index (κ1) is 15.4. The van der Waals surface area contributed by atoms with E-state index in [4.69, 9.17) is 21.1 Å². The molecule has 2 aromatic carbocycles. The molecule has 110 valence electrons. The minimum Gasteiger partial charge on any atom is -0.487 e. The number of carbonyl (C=O) groups excluding carboxylic acids is 1. The minimum atomic E-state index is -0.334. The quantitative estimate of drug-likeness (QED) is 0.761. The van der Waals surface area contributed by atoms with E-state index in [-0.39, 0.29) is 12.1 Å². The monoisotopic (exact) mass is 304 g/mol. The first-order valence-corrected chi connectivity index (χ1v) is 7.07. The number of hydrogen-bond acceptors (Lipinski definition) is 3. The Balaban J connectivity index is 2.10. The normalized spacial score (nSPS) is 11.8. The van der Waals surface area contributed by atoms with Crippen molar-refractivity contribution in [3.05, 3.63) is 64.7 Å². The molecule has 2 aromatic rings. The van der Waals surface area contributed by atoms with Crippen LogP contribution in [0.1, 0.15) is 31.1 Å². The van der Waals surface area contributed by atoms with Crippen LogP contribution in [0.4, 0.5) is 0 Å². The summed E-state index contributed by atoms with van der Waals surface area (Å²) in [6.07, 6.45) is -0.334. The highest BCUT2D eigenvalue weighted by Crippen LogP contribution is 2.30. The largest absolute Gasteiger partial charge is 0.487 e. The molecule has 0 saturated heterocycles. The number of ether oxygens (including phenoxy) is 2. The van der Waals surface area contributed by atoms with Crippen LogP contribution in [0.2, 0.25) is 5.02 Å². The van der Waals surface area contributed by atoms with E-state index in [1.165, 1.54) is 6.92 Å². The third-order valence-electron chi connectivity index (χ3n) is 3.00. The van der Waals surface area contributed by atoms with E-state index in [0.29, 0.717) is 17.4 Å². The molecule has 0 bridgehead atoms. The lowest BCUT2D eigenvalue weighted by Gasteiger charge is -2.15. The van der Waals surface area contributed by atoms with Crippen molar-refractivity contribution in [3.63, 3.8) is 0 Å². The molecule has 1 atom stereocenters. The fraction of sp³-hybridized carbons (Fsp3) is 0.235. The Labute approximate surface area is 129 Å². The van der Waals surface area contributed by atoms with Crippen LogP contribution in [0.5, 0.6) is 5.75 Å². The third-order valence-corrected chi connectivity index (χ3v) is 3.32. The van der Waals surface area contributed by atoms with Crippen LogP contribution in [-0.2, 0) is 16.1 Å². The molecule has 0 fully saturated rings. The summed E-state index contributed by atoms with van der Waals surface area (Å²) in [5.74, 6) is 0.265. The SMILES string of the molecule is CC(=O)OC(C)c1ccc(Cl)c(OCc2ccccc2)c1. The minimum absolute atomic E-state index is 0.316. The van der Waals surface area contributed by atoms with Gasteiger partial charge in [-0.3, -0.25) is 4.79 Å². The Morgan fingerprint density at radius 3 is 2.57 bits per heavy atom. The Kier molecular flexibility index (Phi) is 5.23. The van der Waals surface area contributed by atoms with E-state index in [0.717, 1.165) is 11.1 Å². The maximum absolute atomic E-state index is 11.0. The van der Waals surface area contributed by atoms with Gasteiger partial charge < -0.3 is 9.47 Å². The second-order valence-electron chi connectivity index (χ2n) is 4.72. The van der Waals surface area contributed by atoms with Gasteiger partial charge in [-0.1, -0.05) is 48.0 Å². The Hall–Kier alpha value is -2.00. The van der Waals surface area contributed by atoms with Gasteiger partial charge in [0.2, 0.25) is 0 Å². The summed E-state index contributed by atoms with van der Waals surface area (Å²) in [4.78, 5) is 11.0. The number of halogens is 1. The fourth-order valence-corrected chi connectivity index (χ4v) is 2.11. The van der Waals surface area contributed by atoms with Crippen LogP contribution in [0, 0.1) is 0 Å². The zero-order valence-electron chi connectivity index (χ0n) is 12.0. The van der Waals surface area contributed by atoms with Gasteiger partial charge in [0, 0.05) is 6.92 Å². The number of rotatable bonds is 5. The number of carbonyl (C=O) groups is 1. The van der Waals surface area contributed by atoms with E-state index >= 15 is 0 Å². The predicted molar refractivity (Wildman–Crippen MR) is 82.4 cm³/mol. The molecule has 0 radical (unpaired) electrons. The van der Waals surface area contributed by atoms with E-state index < -0.39 is 0 Å². The Morgan fingerprint density at radius 1 is 1.19 bits per heavy atom. The van der Waals surface area contributed by atoms with Crippen molar-refractivity contribution in [2.24, 2.45) is 0 Å². The second kappa shape index (κ2) is 7.14. The molecular weight excluding hydrogens is 288 g/mol. The van der Waals surface area contributed by atoms with E-state index in [2.05, 4.69) is 0 Å². The van der Waals surface area contributed by atoms with Gasteiger partial charge in [0.25, 0.3) is 0 Å². The van der Waals surface area contributed by atoms with E-state index in [1.807, 2.05) is 43.3 Å². The highest BCUT2D eigenvalue weighted by molar-refractivity contribution is 6.32. The van der Waals surface area contributed by atoms with Crippen LogP contribution in [-0.4, -0.2) is 5.97 Å². The van der Waals surface area contributed by atoms with Crippen molar-refractivity contribution in [2.45, 2.75) is 26.6 Å². The Morgan fingerprint density at radius 2 is 1.90 bits per heavy atom. The number of esters is 1. The third kappa shape index (κ3) is 4.50. The molecule has 0 aliphatic rings. The van der Waals surface area contributed by atoms with Gasteiger partial charge >= 0.3 is 5.97 Å². The summed E-state index contributed by atoms with van der Waals surface area (Å²) in [7, 11) is 0. The first-order chi connectivity index (χ1) is 10.1. The van der Waals surface area contributed by atoms with Crippen molar-refractivity contribution in [3.8, 4) is 5.75 Å². The van der Waals surface area contributed by atoms with Crippen LogP contribution >= 0.6 is 11.6 Å². The van der Waals surface area contributed by atoms with Crippen molar-refractivity contribution < 1.29 is 14.3 Å². The van der Waals surface area contributed by atoms with Gasteiger partial charge in [-0.25, -0.2) is 0 Å². The standard InChI is InChI=1S/C17H17ClO3/c1-12(21-13(2)19)15-8-9-16(18)17(10-15)20-11-14-6-4-3-5-7-14/h3-10,12H,11H2,1-2H3. The van der Waals surface area contributed by atoms with Gasteiger partial charge in [-0.05, 0) is 30.2 Å². The molecule has 4 heteroatoms. The smallest absolute Gasteiger partial charge is 0.303 e. The lowest BCUT2D eigenvalue weighted by atomic mass is 10.1. The van der Waals surface area contributed by atoms with Crippen LogP contribution < -0.4 is 4.74 Å². The molecule has 3 nitrogen and oxygen atoms in total. The molecule has 0 aliphatic heterocycles. The molecule has 0 aromatic heterocycles. The van der Waals surface area contributed by atoms with Gasteiger partial charge in [0.05, 0.1) is 5.02 Å². The molecule has 1 unspecified atom stereocenters. The molecule has 0 saturated carbocycles. The van der Waals surface area contributed by atoms with Gasteiger partial charge in [-0.15, -0.1) is 0 Å². The average molecular weight is 305 g/mol. The Bertz CT molecular complexity index is 611. The zero-order chi connectivity index (χ0) is 15.2. The summed E-state index contributed by atoms with van der Waals surface area (Å²) in [5.41, 5.74) is 1.91. The predicted octanol–water partition coefficient (Wildman–Crippen LogP) is 4.54. The molecule has 0 N–H and O–H groups in total. The summed E-state index contributed by atoms with van der Waals surface area (Å²) in [5, 5.41) is 0.532. The van der Waals surface area contributed by atoms with Gasteiger partial charge in [0.1, 0.15) is 18.5 Å². The fourth-order valence-electron chi connectivity index (χ4n) is 1.94. The van der Waals surface area contributed by atoms with E-state index in [9.17, 15) is 4.79 Å². The molecular formula is C17H17ClO3.